The van der Waals surface area contributed by atoms with Crippen LogP contribution in [-0.4, -0.2) is 29.5 Å². The van der Waals surface area contributed by atoms with Gasteiger partial charge in [0.2, 0.25) is 5.91 Å². The summed E-state index contributed by atoms with van der Waals surface area (Å²) in [4.78, 5) is 18.8. The van der Waals surface area contributed by atoms with Gasteiger partial charge in [0.25, 0.3) is 0 Å². The maximum absolute atomic E-state index is 12.1. The molecule has 7 heteroatoms. The van der Waals surface area contributed by atoms with E-state index in [1.54, 1.807) is 0 Å². The van der Waals surface area contributed by atoms with E-state index in [1.807, 2.05) is 18.3 Å². The molecule has 1 amide bonds. The molecule has 0 aromatic carbocycles. The number of hydrogen-bond donors (Lipinski definition) is 2. The molecule has 1 saturated carbocycles. The molecule has 0 unspecified atom stereocenters. The van der Waals surface area contributed by atoms with Gasteiger partial charge in [0.15, 0.2) is 0 Å². The number of carbonyl (C=O) groups is 1. The fourth-order valence-corrected chi connectivity index (χ4v) is 2.85. The summed E-state index contributed by atoms with van der Waals surface area (Å²) in [7, 11) is 0. The van der Waals surface area contributed by atoms with E-state index < -0.39 is 5.54 Å². The van der Waals surface area contributed by atoms with Crippen LogP contribution in [0.25, 0.3) is 0 Å². The molecule has 2 rings (SSSR count). The van der Waals surface area contributed by atoms with Crippen molar-refractivity contribution in [3.8, 4) is 0 Å². The molecule has 1 aliphatic rings. The molecule has 1 fully saturated rings. The van der Waals surface area contributed by atoms with E-state index in [-0.39, 0.29) is 30.7 Å². The summed E-state index contributed by atoms with van der Waals surface area (Å²) in [6.07, 6.45) is 5.50. The third kappa shape index (κ3) is 5.52. The maximum Gasteiger partial charge on any atom is 0.240 e. The second kappa shape index (κ2) is 9.96. The van der Waals surface area contributed by atoms with Gasteiger partial charge in [-0.1, -0.05) is 18.9 Å². The number of nitrogens with one attached hydrogen (secondary N) is 1. The van der Waals surface area contributed by atoms with E-state index >= 15 is 0 Å². The molecule has 0 bridgehead atoms. The summed E-state index contributed by atoms with van der Waals surface area (Å²) < 4.78 is 0. The highest BCUT2D eigenvalue weighted by Gasteiger charge is 2.36. The van der Waals surface area contributed by atoms with Gasteiger partial charge in [0, 0.05) is 25.8 Å². The zero-order valence-corrected chi connectivity index (χ0v) is 15.5. The molecule has 3 N–H and O–H groups in total. The Morgan fingerprint density at radius 1 is 1.26 bits per heavy atom. The molecular weight excluding hydrogens is 335 g/mol. The normalized spacial score (nSPS) is 15.3. The zero-order chi connectivity index (χ0) is 15.3. The second-order valence-electron chi connectivity index (χ2n) is 5.74. The maximum atomic E-state index is 12.1. The first-order chi connectivity index (χ1) is 10.1. The van der Waals surface area contributed by atoms with Crippen LogP contribution in [0.1, 0.15) is 45.1 Å². The highest BCUT2D eigenvalue weighted by Crippen LogP contribution is 2.27. The molecule has 0 saturated heterocycles. The van der Waals surface area contributed by atoms with Crippen LogP contribution in [0.5, 0.6) is 0 Å². The first-order valence-corrected chi connectivity index (χ1v) is 7.86. The summed E-state index contributed by atoms with van der Waals surface area (Å²) in [6.45, 7) is 6.59. The smallest absolute Gasteiger partial charge is 0.240 e. The number of rotatable bonds is 6. The third-order valence-electron chi connectivity index (χ3n) is 4.30. The molecule has 5 nitrogen and oxygen atoms in total. The fourth-order valence-electron chi connectivity index (χ4n) is 2.85. The average molecular weight is 363 g/mol. The van der Waals surface area contributed by atoms with Crippen LogP contribution in [-0.2, 0) is 11.3 Å². The quantitative estimate of drug-likeness (QED) is 0.815. The van der Waals surface area contributed by atoms with E-state index in [4.69, 9.17) is 5.73 Å². The second-order valence-corrected chi connectivity index (χ2v) is 5.74. The molecule has 1 aliphatic carbocycles. The topological polar surface area (TPSA) is 71.2 Å². The highest BCUT2D eigenvalue weighted by atomic mass is 35.5. The van der Waals surface area contributed by atoms with Gasteiger partial charge in [0.1, 0.15) is 5.82 Å². The van der Waals surface area contributed by atoms with E-state index in [0.717, 1.165) is 50.2 Å². The number of carbonyl (C=O) groups excluding carboxylic acids is 1. The van der Waals surface area contributed by atoms with E-state index in [1.165, 1.54) is 0 Å². The van der Waals surface area contributed by atoms with Gasteiger partial charge in [-0.05, 0) is 38.3 Å². The summed E-state index contributed by atoms with van der Waals surface area (Å²) in [5, 5.41) is 2.94. The van der Waals surface area contributed by atoms with Gasteiger partial charge in [-0.25, -0.2) is 4.98 Å². The molecule has 1 heterocycles. The van der Waals surface area contributed by atoms with Gasteiger partial charge in [-0.3, -0.25) is 4.79 Å². The van der Waals surface area contributed by atoms with Gasteiger partial charge < -0.3 is 16.0 Å². The number of halogens is 2. The molecule has 1 aromatic heterocycles. The van der Waals surface area contributed by atoms with Crippen molar-refractivity contribution in [1.82, 2.24) is 10.3 Å². The molecule has 1 aromatic rings. The van der Waals surface area contributed by atoms with E-state index in [0.29, 0.717) is 6.54 Å². The van der Waals surface area contributed by atoms with Crippen molar-refractivity contribution in [3.63, 3.8) is 0 Å². The number of aromatic nitrogens is 1. The molecule has 132 valence electrons. The first-order valence-electron chi connectivity index (χ1n) is 7.86. The Bertz CT molecular complexity index is 471. The minimum Gasteiger partial charge on any atom is -0.357 e. The Morgan fingerprint density at radius 2 is 1.87 bits per heavy atom. The van der Waals surface area contributed by atoms with Crippen molar-refractivity contribution in [1.29, 1.82) is 0 Å². The monoisotopic (exact) mass is 362 g/mol. The number of amides is 1. The minimum atomic E-state index is -0.658. The van der Waals surface area contributed by atoms with Crippen LogP contribution < -0.4 is 16.0 Å². The summed E-state index contributed by atoms with van der Waals surface area (Å²) >= 11 is 0. The molecule has 23 heavy (non-hydrogen) atoms. The van der Waals surface area contributed by atoms with Crippen molar-refractivity contribution < 1.29 is 4.79 Å². The van der Waals surface area contributed by atoms with Crippen LogP contribution >= 0.6 is 24.8 Å². The van der Waals surface area contributed by atoms with Crippen molar-refractivity contribution in [2.45, 2.75) is 51.6 Å². The van der Waals surface area contributed by atoms with Crippen molar-refractivity contribution >= 4 is 36.5 Å². The Balaban J connectivity index is 0.00000242. The highest BCUT2D eigenvalue weighted by molar-refractivity contribution is 5.86. The molecule has 0 radical (unpaired) electrons. The van der Waals surface area contributed by atoms with E-state index in [9.17, 15) is 4.79 Å². The lowest BCUT2D eigenvalue weighted by Gasteiger charge is -2.22. The summed E-state index contributed by atoms with van der Waals surface area (Å²) in [5.41, 5.74) is 6.47. The van der Waals surface area contributed by atoms with Gasteiger partial charge >= 0.3 is 0 Å². The Hall–Kier alpha value is -1.04. The standard InChI is InChI=1S/C16H26N4O.2ClH/c1-3-20(4-2)14-8-7-13(11-18-14)12-19-15(21)16(17)9-5-6-10-16;;/h7-8,11H,3-6,9-10,12,17H2,1-2H3,(H,19,21);2*1H. The molecule has 0 atom stereocenters. The Morgan fingerprint density at radius 3 is 2.35 bits per heavy atom. The predicted octanol–water partition coefficient (Wildman–Crippen LogP) is 2.66. The lowest BCUT2D eigenvalue weighted by molar-refractivity contribution is -0.126. The largest absolute Gasteiger partial charge is 0.357 e. The third-order valence-corrected chi connectivity index (χ3v) is 4.30. The van der Waals surface area contributed by atoms with Crippen LogP contribution in [0.3, 0.4) is 0 Å². The van der Waals surface area contributed by atoms with Crippen LogP contribution in [0.15, 0.2) is 18.3 Å². The molecular formula is C16H28Cl2N4O. The lowest BCUT2D eigenvalue weighted by Crippen LogP contribution is -2.51. The number of hydrogen-bond acceptors (Lipinski definition) is 4. The van der Waals surface area contributed by atoms with Crippen molar-refractivity contribution in [3.05, 3.63) is 23.9 Å². The predicted molar refractivity (Wildman–Crippen MR) is 99.5 cm³/mol. The number of nitrogens with zero attached hydrogens (tertiary/aromatic N) is 2. The van der Waals surface area contributed by atoms with Crippen LogP contribution in [0.2, 0.25) is 0 Å². The number of anilines is 1. The van der Waals surface area contributed by atoms with E-state index in [2.05, 4.69) is 29.0 Å². The Labute approximate surface area is 151 Å². The minimum absolute atomic E-state index is 0. The zero-order valence-electron chi connectivity index (χ0n) is 13.9. The number of pyridine rings is 1. The van der Waals surface area contributed by atoms with Gasteiger partial charge in [0.05, 0.1) is 5.54 Å². The van der Waals surface area contributed by atoms with Gasteiger partial charge in [-0.15, -0.1) is 24.8 Å². The van der Waals surface area contributed by atoms with Crippen LogP contribution in [0, 0.1) is 0 Å². The summed E-state index contributed by atoms with van der Waals surface area (Å²) in [5.74, 6) is 0.939. The molecule has 0 spiro atoms. The average Bonchev–Trinajstić information content (AvgIpc) is 2.95. The van der Waals surface area contributed by atoms with Crippen LogP contribution in [0.4, 0.5) is 5.82 Å². The Kier molecular flexibility index (Phi) is 9.51. The first kappa shape index (κ1) is 22.0. The lowest BCUT2D eigenvalue weighted by atomic mass is 9.98. The SMILES string of the molecule is CCN(CC)c1ccc(CNC(=O)C2(N)CCCC2)cn1.Cl.Cl. The van der Waals surface area contributed by atoms with Gasteiger partial charge in [-0.2, -0.15) is 0 Å². The van der Waals surface area contributed by atoms with Crippen molar-refractivity contribution in [2.24, 2.45) is 5.73 Å². The number of nitrogens with two attached hydrogens (primary N) is 1. The van der Waals surface area contributed by atoms with Crippen molar-refractivity contribution in [2.75, 3.05) is 18.0 Å². The molecule has 0 aliphatic heterocycles. The fraction of sp³-hybridized carbons (Fsp3) is 0.625. The summed E-state index contributed by atoms with van der Waals surface area (Å²) in [6, 6.07) is 4.01.